The van der Waals surface area contributed by atoms with Gasteiger partial charge in [0.15, 0.2) is 23.3 Å². The zero-order chi connectivity index (χ0) is 23.4. The van der Waals surface area contributed by atoms with E-state index in [0.29, 0.717) is 24.3 Å². The minimum Gasteiger partial charge on any atom is -0.203 e. The lowest BCUT2D eigenvalue weighted by molar-refractivity contribution is 0.296. The van der Waals surface area contributed by atoms with Crippen LogP contribution in [0.5, 0.6) is 0 Å². The second-order valence-electron chi connectivity index (χ2n) is 9.20. The van der Waals surface area contributed by atoms with Crippen LogP contribution in [0.15, 0.2) is 54.6 Å². The Kier molecular flexibility index (Phi) is 7.52. The molecule has 0 N–H and O–H groups in total. The SMILES string of the molecule is CCCCCC1CCC(c2c(F)c(F)c(F)c(F)c2-c2ccc(-c3ccccc3)cc2)CC1. The average molecular weight is 455 g/mol. The highest BCUT2D eigenvalue weighted by atomic mass is 19.2. The average Bonchev–Trinajstić information content (AvgIpc) is 2.86. The third-order valence-corrected chi connectivity index (χ3v) is 7.06. The summed E-state index contributed by atoms with van der Waals surface area (Å²) in [6.45, 7) is 2.17. The van der Waals surface area contributed by atoms with Crippen molar-refractivity contribution in [3.8, 4) is 22.3 Å². The van der Waals surface area contributed by atoms with Gasteiger partial charge in [0.2, 0.25) is 0 Å². The Balaban J connectivity index is 1.66. The van der Waals surface area contributed by atoms with E-state index in [9.17, 15) is 8.78 Å². The van der Waals surface area contributed by atoms with Crippen molar-refractivity contribution in [1.82, 2.24) is 0 Å². The first-order valence-corrected chi connectivity index (χ1v) is 12.0. The fourth-order valence-corrected chi connectivity index (χ4v) is 5.20. The zero-order valence-electron chi connectivity index (χ0n) is 19.0. The molecule has 0 bridgehead atoms. The van der Waals surface area contributed by atoms with Gasteiger partial charge in [0.05, 0.1) is 0 Å². The Hall–Kier alpha value is -2.62. The zero-order valence-corrected chi connectivity index (χ0v) is 19.0. The quantitative estimate of drug-likeness (QED) is 0.144. The molecule has 0 nitrogen and oxygen atoms in total. The molecule has 0 unspecified atom stereocenters. The Labute approximate surface area is 193 Å². The summed E-state index contributed by atoms with van der Waals surface area (Å²) >= 11 is 0. The monoisotopic (exact) mass is 454 g/mol. The number of hydrogen-bond acceptors (Lipinski definition) is 0. The molecule has 4 heteroatoms. The molecule has 1 aliphatic rings. The highest BCUT2D eigenvalue weighted by Gasteiger charge is 2.32. The number of rotatable bonds is 7. The Bertz CT molecular complexity index is 1070. The molecule has 0 aliphatic heterocycles. The van der Waals surface area contributed by atoms with Crippen LogP contribution in [-0.4, -0.2) is 0 Å². The molecular weight excluding hydrogens is 424 g/mol. The number of halogens is 4. The molecule has 0 radical (unpaired) electrons. The van der Waals surface area contributed by atoms with Crippen LogP contribution >= 0.6 is 0 Å². The molecule has 0 saturated heterocycles. The molecule has 3 aromatic carbocycles. The van der Waals surface area contributed by atoms with Crippen LogP contribution in [0.4, 0.5) is 17.6 Å². The van der Waals surface area contributed by atoms with Crippen LogP contribution in [0.3, 0.4) is 0 Å². The van der Waals surface area contributed by atoms with Crippen LogP contribution in [0, 0.1) is 29.2 Å². The summed E-state index contributed by atoms with van der Waals surface area (Å²) in [7, 11) is 0. The molecule has 0 aromatic heterocycles. The minimum atomic E-state index is -1.74. The van der Waals surface area contributed by atoms with Gasteiger partial charge in [0.25, 0.3) is 0 Å². The van der Waals surface area contributed by atoms with E-state index in [1.165, 1.54) is 19.3 Å². The second-order valence-corrected chi connectivity index (χ2v) is 9.20. The van der Waals surface area contributed by atoms with E-state index in [4.69, 9.17) is 0 Å². The summed E-state index contributed by atoms with van der Waals surface area (Å²) in [6, 6.07) is 16.6. The smallest absolute Gasteiger partial charge is 0.198 e. The predicted octanol–water partition coefficient (Wildman–Crippen LogP) is 9.43. The molecule has 0 heterocycles. The summed E-state index contributed by atoms with van der Waals surface area (Å²) in [4.78, 5) is 0. The molecule has 4 rings (SSSR count). The van der Waals surface area contributed by atoms with E-state index in [1.807, 2.05) is 30.3 Å². The van der Waals surface area contributed by atoms with Crippen molar-refractivity contribution in [2.45, 2.75) is 64.2 Å². The highest BCUT2D eigenvalue weighted by molar-refractivity contribution is 5.73. The van der Waals surface area contributed by atoms with Gasteiger partial charge >= 0.3 is 0 Å². The lowest BCUT2D eigenvalue weighted by atomic mass is 9.75. The van der Waals surface area contributed by atoms with Crippen LogP contribution < -0.4 is 0 Å². The van der Waals surface area contributed by atoms with E-state index >= 15 is 8.78 Å². The van der Waals surface area contributed by atoms with Gasteiger partial charge in [-0.3, -0.25) is 0 Å². The molecular formula is C29H30F4. The van der Waals surface area contributed by atoms with Gasteiger partial charge in [0.1, 0.15) is 0 Å². The maximum Gasteiger partial charge on any atom is 0.198 e. The van der Waals surface area contributed by atoms with E-state index < -0.39 is 23.3 Å². The van der Waals surface area contributed by atoms with Gasteiger partial charge in [0, 0.05) is 11.1 Å². The Morgan fingerprint density at radius 3 is 1.85 bits per heavy atom. The minimum absolute atomic E-state index is 0.00845. The predicted molar refractivity (Wildman–Crippen MR) is 126 cm³/mol. The van der Waals surface area contributed by atoms with Crippen molar-refractivity contribution in [3.05, 3.63) is 83.4 Å². The first-order valence-electron chi connectivity index (χ1n) is 12.0. The maximum absolute atomic E-state index is 15.1. The largest absolute Gasteiger partial charge is 0.203 e. The molecule has 1 fully saturated rings. The lowest BCUT2D eigenvalue weighted by Gasteiger charge is -2.30. The van der Waals surface area contributed by atoms with E-state index in [0.717, 1.165) is 30.4 Å². The first kappa shape index (κ1) is 23.5. The lowest BCUT2D eigenvalue weighted by Crippen LogP contribution is -2.17. The van der Waals surface area contributed by atoms with Gasteiger partial charge in [-0.25, -0.2) is 17.6 Å². The second kappa shape index (κ2) is 10.5. The number of benzene rings is 3. The molecule has 1 aliphatic carbocycles. The number of unbranched alkanes of at least 4 members (excludes halogenated alkanes) is 2. The summed E-state index contributed by atoms with van der Waals surface area (Å²) in [5.74, 6) is -5.75. The Morgan fingerprint density at radius 2 is 1.21 bits per heavy atom. The third kappa shape index (κ3) is 5.00. The molecule has 33 heavy (non-hydrogen) atoms. The molecule has 0 atom stereocenters. The molecule has 0 spiro atoms. The van der Waals surface area contributed by atoms with Gasteiger partial charge in [-0.2, -0.15) is 0 Å². The van der Waals surface area contributed by atoms with Crippen molar-refractivity contribution < 1.29 is 17.6 Å². The summed E-state index contributed by atoms with van der Waals surface area (Å²) in [5.41, 5.74) is 2.12. The molecule has 0 amide bonds. The van der Waals surface area contributed by atoms with E-state index in [1.54, 1.807) is 24.3 Å². The van der Waals surface area contributed by atoms with Crippen LogP contribution in [0.1, 0.15) is 69.8 Å². The third-order valence-electron chi connectivity index (χ3n) is 7.06. The molecule has 3 aromatic rings. The summed E-state index contributed by atoms with van der Waals surface area (Å²) in [5, 5.41) is 0. The highest BCUT2D eigenvalue weighted by Crippen LogP contribution is 2.44. The fourth-order valence-electron chi connectivity index (χ4n) is 5.20. The van der Waals surface area contributed by atoms with E-state index in [-0.39, 0.29) is 17.0 Å². The first-order chi connectivity index (χ1) is 16.0. The summed E-state index contributed by atoms with van der Waals surface area (Å²) < 4.78 is 58.7. The standard InChI is InChI=1S/C29H30F4/c1-2-3-5-8-19-11-13-22(14-12-19)24-25(27(31)29(33)28(32)26(24)30)23-17-15-21(16-18-23)20-9-6-4-7-10-20/h4,6-7,9-10,15-19,22H,2-3,5,8,11-14H2,1H3. The fraction of sp³-hybridized carbons (Fsp3) is 0.379. The van der Waals surface area contributed by atoms with Crippen LogP contribution in [0.2, 0.25) is 0 Å². The van der Waals surface area contributed by atoms with Crippen molar-refractivity contribution in [2.24, 2.45) is 5.92 Å². The van der Waals surface area contributed by atoms with Crippen LogP contribution in [-0.2, 0) is 0 Å². The maximum atomic E-state index is 15.1. The summed E-state index contributed by atoms with van der Waals surface area (Å²) in [6.07, 6.45) is 7.82. The van der Waals surface area contributed by atoms with Crippen molar-refractivity contribution in [1.29, 1.82) is 0 Å². The van der Waals surface area contributed by atoms with Crippen LogP contribution in [0.25, 0.3) is 22.3 Å². The van der Waals surface area contributed by atoms with Gasteiger partial charge in [-0.1, -0.05) is 87.2 Å². The van der Waals surface area contributed by atoms with Crippen molar-refractivity contribution >= 4 is 0 Å². The van der Waals surface area contributed by atoms with E-state index in [2.05, 4.69) is 6.92 Å². The van der Waals surface area contributed by atoms with Gasteiger partial charge < -0.3 is 0 Å². The van der Waals surface area contributed by atoms with Crippen molar-refractivity contribution in [3.63, 3.8) is 0 Å². The normalized spacial score (nSPS) is 18.5. The Morgan fingerprint density at radius 1 is 0.636 bits per heavy atom. The molecule has 1 saturated carbocycles. The topological polar surface area (TPSA) is 0 Å². The molecule has 174 valence electrons. The van der Waals surface area contributed by atoms with Gasteiger partial charge in [-0.15, -0.1) is 0 Å². The van der Waals surface area contributed by atoms with Crippen molar-refractivity contribution in [2.75, 3.05) is 0 Å². The van der Waals surface area contributed by atoms with Gasteiger partial charge in [-0.05, 0) is 54.2 Å². The number of hydrogen-bond donors (Lipinski definition) is 0.